The second-order valence-corrected chi connectivity index (χ2v) is 6.67. The molecule has 1 atom stereocenters. The van der Waals surface area contributed by atoms with Gasteiger partial charge in [-0.3, -0.25) is 0 Å². The molecule has 2 N–H and O–H groups in total. The average Bonchev–Trinajstić information content (AvgIpc) is 2.60. The largest absolute Gasteiger partial charge is 0.493 e. The molecule has 1 fully saturated rings. The number of aliphatic hydroxyl groups excluding tert-OH is 1. The number of aliphatic hydroxyl groups is 1. The molecule has 4 nitrogen and oxygen atoms in total. The van der Waals surface area contributed by atoms with Gasteiger partial charge < -0.3 is 19.9 Å². The van der Waals surface area contributed by atoms with Gasteiger partial charge in [0, 0.05) is 22.6 Å². The molecule has 20 heavy (non-hydrogen) atoms. The summed E-state index contributed by atoms with van der Waals surface area (Å²) in [5.41, 5.74) is 1.11. The van der Waals surface area contributed by atoms with Gasteiger partial charge in [0.25, 0.3) is 0 Å². The fourth-order valence-electron chi connectivity index (χ4n) is 2.74. The number of halogens is 1. The maximum Gasteiger partial charge on any atom is 0.125 e. The first-order valence-corrected chi connectivity index (χ1v) is 7.86. The fourth-order valence-corrected chi connectivity index (χ4v) is 3.08. The maximum atomic E-state index is 9.50. The van der Waals surface area contributed by atoms with Crippen LogP contribution in [0, 0.1) is 5.41 Å². The first kappa shape index (κ1) is 14.3. The molecule has 1 aromatic carbocycles. The highest BCUT2D eigenvalue weighted by atomic mass is 79.9. The van der Waals surface area contributed by atoms with Crippen LogP contribution in [0.5, 0.6) is 5.75 Å². The normalized spacial score (nSPS) is 24.2. The predicted octanol–water partition coefficient (Wildman–Crippen LogP) is 2.26. The topological polar surface area (TPSA) is 50.7 Å². The standard InChI is InChI=1S/C15H20BrNO3/c16-11-3-4-12-13(2-1-5-20-14(12)6-11)17-7-15(8-18)9-19-10-15/h3-4,6,13,17-18H,1-2,5,7-10H2. The Morgan fingerprint density at radius 3 is 2.95 bits per heavy atom. The van der Waals surface area contributed by atoms with E-state index in [1.54, 1.807) is 0 Å². The second kappa shape index (κ2) is 6.02. The summed E-state index contributed by atoms with van der Waals surface area (Å²) in [5.74, 6) is 0.956. The highest BCUT2D eigenvalue weighted by molar-refractivity contribution is 9.10. The molecule has 2 heterocycles. The highest BCUT2D eigenvalue weighted by Crippen LogP contribution is 2.35. The molecule has 1 saturated heterocycles. The van der Waals surface area contributed by atoms with Gasteiger partial charge in [-0.2, -0.15) is 0 Å². The summed E-state index contributed by atoms with van der Waals surface area (Å²) < 4.78 is 12.1. The molecule has 1 unspecified atom stereocenters. The number of ether oxygens (including phenoxy) is 2. The molecule has 0 saturated carbocycles. The monoisotopic (exact) mass is 341 g/mol. The van der Waals surface area contributed by atoms with Gasteiger partial charge in [0.05, 0.1) is 31.8 Å². The zero-order chi connectivity index (χ0) is 14.0. The molecule has 1 aromatic rings. The lowest BCUT2D eigenvalue weighted by atomic mass is 9.86. The van der Waals surface area contributed by atoms with Gasteiger partial charge in [0.2, 0.25) is 0 Å². The Labute approximate surface area is 127 Å². The second-order valence-electron chi connectivity index (χ2n) is 5.76. The fraction of sp³-hybridized carbons (Fsp3) is 0.600. The SMILES string of the molecule is OCC1(CNC2CCCOc3cc(Br)ccc32)COC1. The van der Waals surface area contributed by atoms with Crippen LogP contribution in [-0.2, 0) is 4.74 Å². The lowest BCUT2D eigenvalue weighted by molar-refractivity contribution is -0.135. The third kappa shape index (κ3) is 2.86. The van der Waals surface area contributed by atoms with Crippen molar-refractivity contribution in [3.63, 3.8) is 0 Å². The number of benzene rings is 1. The molecule has 0 spiro atoms. The Morgan fingerprint density at radius 2 is 2.25 bits per heavy atom. The third-order valence-corrected chi connectivity index (χ3v) is 4.61. The van der Waals surface area contributed by atoms with E-state index in [1.807, 2.05) is 6.07 Å². The van der Waals surface area contributed by atoms with Crippen molar-refractivity contribution < 1.29 is 14.6 Å². The van der Waals surface area contributed by atoms with Crippen molar-refractivity contribution >= 4 is 15.9 Å². The molecule has 0 aromatic heterocycles. The van der Waals surface area contributed by atoms with Gasteiger partial charge in [-0.15, -0.1) is 0 Å². The van der Waals surface area contributed by atoms with E-state index in [1.165, 1.54) is 5.56 Å². The summed E-state index contributed by atoms with van der Waals surface area (Å²) in [6, 6.07) is 6.48. The first-order valence-electron chi connectivity index (χ1n) is 7.07. The minimum absolute atomic E-state index is 0.0946. The van der Waals surface area contributed by atoms with Crippen LogP contribution in [0.1, 0.15) is 24.4 Å². The molecule has 0 aliphatic carbocycles. The molecular weight excluding hydrogens is 322 g/mol. The van der Waals surface area contributed by atoms with E-state index in [0.717, 1.165) is 36.2 Å². The predicted molar refractivity (Wildman–Crippen MR) is 80.0 cm³/mol. The maximum absolute atomic E-state index is 9.50. The van der Waals surface area contributed by atoms with E-state index >= 15 is 0 Å². The summed E-state index contributed by atoms with van der Waals surface area (Å²) >= 11 is 3.49. The van der Waals surface area contributed by atoms with Gasteiger partial charge in [-0.05, 0) is 25.0 Å². The van der Waals surface area contributed by atoms with Crippen molar-refractivity contribution in [2.45, 2.75) is 18.9 Å². The molecule has 3 rings (SSSR count). The Balaban J connectivity index is 1.73. The third-order valence-electron chi connectivity index (χ3n) is 4.12. The van der Waals surface area contributed by atoms with Gasteiger partial charge in [0.15, 0.2) is 0 Å². The lowest BCUT2D eigenvalue weighted by Crippen LogP contribution is -2.52. The Bertz CT molecular complexity index is 471. The van der Waals surface area contributed by atoms with Crippen LogP contribution in [0.25, 0.3) is 0 Å². The first-order chi connectivity index (χ1) is 9.72. The Hall–Kier alpha value is -0.620. The molecule has 0 amide bonds. The van der Waals surface area contributed by atoms with Gasteiger partial charge in [-0.25, -0.2) is 0 Å². The quantitative estimate of drug-likeness (QED) is 0.881. The minimum atomic E-state index is -0.0946. The number of nitrogens with one attached hydrogen (secondary N) is 1. The molecule has 110 valence electrons. The number of fused-ring (bicyclic) bond motifs is 1. The van der Waals surface area contributed by atoms with Crippen molar-refractivity contribution in [3.05, 3.63) is 28.2 Å². The van der Waals surface area contributed by atoms with Crippen molar-refractivity contribution in [2.24, 2.45) is 5.41 Å². The number of hydrogen-bond donors (Lipinski definition) is 2. The van der Waals surface area contributed by atoms with Gasteiger partial charge >= 0.3 is 0 Å². The zero-order valence-electron chi connectivity index (χ0n) is 11.4. The van der Waals surface area contributed by atoms with E-state index < -0.39 is 0 Å². The molecule has 0 bridgehead atoms. The Morgan fingerprint density at radius 1 is 1.40 bits per heavy atom. The van der Waals surface area contributed by atoms with Crippen LogP contribution < -0.4 is 10.1 Å². The van der Waals surface area contributed by atoms with E-state index in [0.29, 0.717) is 13.2 Å². The molecule has 5 heteroatoms. The number of rotatable bonds is 4. The smallest absolute Gasteiger partial charge is 0.125 e. The molecule has 0 radical (unpaired) electrons. The summed E-state index contributed by atoms with van der Waals surface area (Å²) in [5, 5.41) is 13.1. The average molecular weight is 342 g/mol. The minimum Gasteiger partial charge on any atom is -0.493 e. The van der Waals surface area contributed by atoms with Gasteiger partial charge in [0.1, 0.15) is 5.75 Å². The van der Waals surface area contributed by atoms with Crippen molar-refractivity contribution in [2.75, 3.05) is 33.0 Å². The molecule has 2 aliphatic rings. The van der Waals surface area contributed by atoms with E-state index in [4.69, 9.17) is 9.47 Å². The van der Waals surface area contributed by atoms with Crippen LogP contribution in [0.4, 0.5) is 0 Å². The Kier molecular flexibility index (Phi) is 4.31. The van der Waals surface area contributed by atoms with Crippen molar-refractivity contribution in [3.8, 4) is 5.75 Å². The number of hydrogen-bond acceptors (Lipinski definition) is 4. The molecule has 2 aliphatic heterocycles. The summed E-state index contributed by atoms with van der Waals surface area (Å²) in [7, 11) is 0. The highest BCUT2D eigenvalue weighted by Gasteiger charge is 2.38. The van der Waals surface area contributed by atoms with Crippen LogP contribution in [-0.4, -0.2) is 38.1 Å². The van der Waals surface area contributed by atoms with Gasteiger partial charge in [-0.1, -0.05) is 22.0 Å². The van der Waals surface area contributed by atoms with Crippen LogP contribution in [0.2, 0.25) is 0 Å². The van der Waals surface area contributed by atoms with E-state index in [-0.39, 0.29) is 18.1 Å². The summed E-state index contributed by atoms with van der Waals surface area (Å²) in [6.45, 7) is 3.01. The summed E-state index contributed by atoms with van der Waals surface area (Å²) in [6.07, 6.45) is 2.09. The molecular formula is C15H20BrNO3. The summed E-state index contributed by atoms with van der Waals surface area (Å²) in [4.78, 5) is 0. The van der Waals surface area contributed by atoms with Crippen molar-refractivity contribution in [1.29, 1.82) is 0 Å². The van der Waals surface area contributed by atoms with E-state index in [2.05, 4.69) is 33.4 Å². The lowest BCUT2D eigenvalue weighted by Gasteiger charge is -2.41. The zero-order valence-corrected chi connectivity index (χ0v) is 13.0. The van der Waals surface area contributed by atoms with Crippen molar-refractivity contribution in [1.82, 2.24) is 5.32 Å². The van der Waals surface area contributed by atoms with Crippen LogP contribution >= 0.6 is 15.9 Å². The van der Waals surface area contributed by atoms with Crippen LogP contribution in [0.3, 0.4) is 0 Å². The van der Waals surface area contributed by atoms with Crippen LogP contribution in [0.15, 0.2) is 22.7 Å². The van der Waals surface area contributed by atoms with E-state index in [9.17, 15) is 5.11 Å².